The molecule has 0 aliphatic heterocycles. The average Bonchev–Trinajstić information content (AvgIpc) is 2.58. The number of aryl methyl sites for hydroxylation is 2. The van der Waals surface area contributed by atoms with Crippen molar-refractivity contribution in [3.05, 3.63) is 17.5 Å². The summed E-state index contributed by atoms with van der Waals surface area (Å²) in [4.78, 5) is 0. The molecule has 17 heavy (non-hydrogen) atoms. The lowest BCUT2D eigenvalue weighted by Crippen LogP contribution is -2.19. The van der Waals surface area contributed by atoms with Gasteiger partial charge in [-0.25, -0.2) is 0 Å². The fourth-order valence-electron chi connectivity index (χ4n) is 2.18. The van der Waals surface area contributed by atoms with Crippen LogP contribution in [0, 0.1) is 12.8 Å². The zero-order chi connectivity index (χ0) is 12.8. The highest BCUT2D eigenvalue weighted by molar-refractivity contribution is 5.09. The van der Waals surface area contributed by atoms with Gasteiger partial charge < -0.3 is 9.84 Å². The Morgan fingerprint density at radius 2 is 2.24 bits per heavy atom. The highest BCUT2D eigenvalue weighted by Gasteiger charge is 2.14. The minimum atomic E-state index is -0.318. The van der Waals surface area contributed by atoms with Crippen molar-refractivity contribution in [2.45, 2.75) is 46.3 Å². The van der Waals surface area contributed by atoms with E-state index in [0.717, 1.165) is 24.4 Å². The lowest BCUT2D eigenvalue weighted by Gasteiger charge is -2.16. The van der Waals surface area contributed by atoms with Gasteiger partial charge in [-0.2, -0.15) is 5.10 Å². The van der Waals surface area contributed by atoms with Gasteiger partial charge in [0.1, 0.15) is 0 Å². The third-order valence-corrected chi connectivity index (χ3v) is 2.86. The van der Waals surface area contributed by atoms with Crippen LogP contribution < -0.4 is 0 Å². The van der Waals surface area contributed by atoms with Gasteiger partial charge in [0.15, 0.2) is 0 Å². The number of methoxy groups -OCH3 is 1. The Labute approximate surface area is 104 Å². The molecule has 1 aromatic rings. The Kier molecular flexibility index (Phi) is 5.65. The van der Waals surface area contributed by atoms with E-state index in [1.807, 2.05) is 17.7 Å². The molecule has 0 amide bonds. The maximum absolute atomic E-state index is 10.0. The Bertz CT molecular complexity index is 336. The molecule has 0 saturated heterocycles. The van der Waals surface area contributed by atoms with Crippen molar-refractivity contribution in [1.29, 1.82) is 0 Å². The van der Waals surface area contributed by atoms with Crippen LogP contribution in [0.2, 0.25) is 0 Å². The van der Waals surface area contributed by atoms with E-state index in [-0.39, 0.29) is 6.10 Å². The monoisotopic (exact) mass is 240 g/mol. The normalized spacial score (nSPS) is 14.9. The molecular weight excluding hydrogens is 216 g/mol. The van der Waals surface area contributed by atoms with Gasteiger partial charge in [-0.05, 0) is 32.3 Å². The number of aliphatic hydroxyl groups excluding tert-OH is 1. The molecule has 1 heterocycles. The number of hydrogen-bond donors (Lipinski definition) is 1. The van der Waals surface area contributed by atoms with E-state index in [2.05, 4.69) is 18.9 Å². The van der Waals surface area contributed by atoms with Crippen LogP contribution in [0.15, 0.2) is 6.07 Å². The molecule has 0 bridgehead atoms. The first kappa shape index (κ1) is 14.2. The van der Waals surface area contributed by atoms with Gasteiger partial charge in [0.25, 0.3) is 0 Å². The average molecular weight is 240 g/mol. The molecular formula is C13H24N2O2. The maximum atomic E-state index is 10.0. The summed E-state index contributed by atoms with van der Waals surface area (Å²) in [7, 11) is 1.69. The van der Waals surface area contributed by atoms with E-state index in [4.69, 9.17) is 4.74 Å². The summed E-state index contributed by atoms with van der Waals surface area (Å²) in [5, 5.41) is 14.4. The Morgan fingerprint density at radius 3 is 2.82 bits per heavy atom. The fourth-order valence-corrected chi connectivity index (χ4v) is 2.18. The smallest absolute Gasteiger partial charge is 0.0598 e. The van der Waals surface area contributed by atoms with Gasteiger partial charge in [0.05, 0.1) is 11.8 Å². The lowest BCUT2D eigenvalue weighted by atomic mass is 10.0. The molecule has 2 unspecified atom stereocenters. The van der Waals surface area contributed by atoms with Gasteiger partial charge in [-0.1, -0.05) is 6.92 Å². The molecule has 2 atom stereocenters. The second-order valence-electron chi connectivity index (χ2n) is 4.75. The second-order valence-corrected chi connectivity index (χ2v) is 4.75. The van der Waals surface area contributed by atoms with Crippen molar-refractivity contribution in [2.24, 2.45) is 5.92 Å². The number of nitrogens with zero attached hydrogens (tertiary/aromatic N) is 2. The van der Waals surface area contributed by atoms with E-state index >= 15 is 0 Å². The molecule has 4 heteroatoms. The topological polar surface area (TPSA) is 47.3 Å². The van der Waals surface area contributed by atoms with Crippen LogP contribution in [0.3, 0.4) is 0 Å². The standard InChI is InChI=1S/C13H24N2O2/c1-5-15-12(7-11(3)14-15)8-13(16)6-10(2)9-17-4/h7,10,13,16H,5-6,8-9H2,1-4H3. The third kappa shape index (κ3) is 4.48. The molecule has 0 aliphatic rings. The number of ether oxygens (including phenoxy) is 1. The third-order valence-electron chi connectivity index (χ3n) is 2.86. The summed E-state index contributed by atoms with van der Waals surface area (Å²) >= 11 is 0. The first-order chi connectivity index (χ1) is 8.06. The summed E-state index contributed by atoms with van der Waals surface area (Å²) in [5.41, 5.74) is 2.13. The van der Waals surface area contributed by atoms with Gasteiger partial charge in [-0.15, -0.1) is 0 Å². The summed E-state index contributed by atoms with van der Waals surface area (Å²) in [6, 6.07) is 2.05. The summed E-state index contributed by atoms with van der Waals surface area (Å²) in [5.74, 6) is 0.383. The molecule has 0 spiro atoms. The number of aliphatic hydroxyl groups is 1. The molecule has 0 aromatic carbocycles. The van der Waals surface area contributed by atoms with Gasteiger partial charge >= 0.3 is 0 Å². The zero-order valence-electron chi connectivity index (χ0n) is 11.3. The first-order valence-corrected chi connectivity index (χ1v) is 6.27. The Balaban J connectivity index is 2.52. The van der Waals surface area contributed by atoms with E-state index in [1.165, 1.54) is 0 Å². The first-order valence-electron chi connectivity index (χ1n) is 6.27. The van der Waals surface area contributed by atoms with Crippen molar-refractivity contribution < 1.29 is 9.84 Å². The zero-order valence-corrected chi connectivity index (χ0v) is 11.3. The molecule has 1 rings (SSSR count). The molecule has 4 nitrogen and oxygen atoms in total. The van der Waals surface area contributed by atoms with Crippen LogP contribution in [0.5, 0.6) is 0 Å². The highest BCUT2D eigenvalue weighted by Crippen LogP contribution is 2.13. The molecule has 98 valence electrons. The minimum Gasteiger partial charge on any atom is -0.393 e. The van der Waals surface area contributed by atoms with Crippen LogP contribution >= 0.6 is 0 Å². The molecule has 0 aliphatic carbocycles. The van der Waals surface area contributed by atoms with Crippen LogP contribution in [-0.4, -0.2) is 34.7 Å². The van der Waals surface area contributed by atoms with Gasteiger partial charge in [-0.3, -0.25) is 4.68 Å². The summed E-state index contributed by atoms with van der Waals surface area (Å²) in [6.07, 6.45) is 1.12. The quantitative estimate of drug-likeness (QED) is 0.790. The van der Waals surface area contributed by atoms with E-state index < -0.39 is 0 Å². The SMILES string of the molecule is CCn1nc(C)cc1CC(O)CC(C)COC. The molecule has 1 N–H and O–H groups in total. The number of rotatable bonds is 7. The second kappa shape index (κ2) is 6.77. The lowest BCUT2D eigenvalue weighted by molar-refractivity contribution is 0.100. The summed E-state index contributed by atoms with van der Waals surface area (Å²) in [6.45, 7) is 7.69. The van der Waals surface area contributed by atoms with Crippen LogP contribution in [0.4, 0.5) is 0 Å². The Morgan fingerprint density at radius 1 is 1.53 bits per heavy atom. The van der Waals surface area contributed by atoms with Gasteiger partial charge in [0.2, 0.25) is 0 Å². The van der Waals surface area contributed by atoms with Crippen LogP contribution in [0.25, 0.3) is 0 Å². The largest absolute Gasteiger partial charge is 0.393 e. The van der Waals surface area contributed by atoms with Gasteiger partial charge in [0, 0.05) is 32.4 Å². The minimum absolute atomic E-state index is 0.318. The number of aromatic nitrogens is 2. The molecule has 0 fully saturated rings. The summed E-state index contributed by atoms with van der Waals surface area (Å²) < 4.78 is 7.03. The molecule has 0 radical (unpaired) electrons. The van der Waals surface area contributed by atoms with Crippen molar-refractivity contribution in [3.8, 4) is 0 Å². The van der Waals surface area contributed by atoms with E-state index in [9.17, 15) is 5.11 Å². The van der Waals surface area contributed by atoms with Crippen molar-refractivity contribution in [3.63, 3.8) is 0 Å². The van der Waals surface area contributed by atoms with Crippen molar-refractivity contribution >= 4 is 0 Å². The number of hydrogen-bond acceptors (Lipinski definition) is 3. The predicted molar refractivity (Wildman–Crippen MR) is 68.0 cm³/mol. The predicted octanol–water partition coefficient (Wildman–Crippen LogP) is 1.79. The Hall–Kier alpha value is -0.870. The van der Waals surface area contributed by atoms with Crippen molar-refractivity contribution in [2.75, 3.05) is 13.7 Å². The van der Waals surface area contributed by atoms with Crippen molar-refractivity contribution in [1.82, 2.24) is 9.78 Å². The van der Waals surface area contributed by atoms with E-state index in [0.29, 0.717) is 18.9 Å². The highest BCUT2D eigenvalue weighted by atomic mass is 16.5. The molecule has 0 saturated carbocycles. The van der Waals surface area contributed by atoms with Crippen LogP contribution in [-0.2, 0) is 17.7 Å². The van der Waals surface area contributed by atoms with Crippen LogP contribution in [0.1, 0.15) is 31.7 Å². The maximum Gasteiger partial charge on any atom is 0.0598 e. The fraction of sp³-hybridized carbons (Fsp3) is 0.769. The molecule has 1 aromatic heterocycles. The van der Waals surface area contributed by atoms with E-state index in [1.54, 1.807) is 7.11 Å².